The minimum absolute atomic E-state index is 0.192. The van der Waals surface area contributed by atoms with Gasteiger partial charge in [-0.2, -0.15) is 0 Å². The van der Waals surface area contributed by atoms with E-state index < -0.39 is 5.97 Å². The van der Waals surface area contributed by atoms with Gasteiger partial charge in [0.1, 0.15) is 0 Å². The van der Waals surface area contributed by atoms with E-state index in [1.807, 2.05) is 6.08 Å². The van der Waals surface area contributed by atoms with Crippen LogP contribution in [0.25, 0.3) is 0 Å². The number of rotatable bonds is 4. The van der Waals surface area contributed by atoms with Crippen molar-refractivity contribution in [3.05, 3.63) is 11.6 Å². The SMILES string of the molecule is CCCC12CN3CC(CN(C3)C1)/C2=C\CC(=O)O. The highest BCUT2D eigenvalue weighted by Crippen LogP contribution is 2.49. The van der Waals surface area contributed by atoms with Crippen LogP contribution in [0.2, 0.25) is 0 Å². The van der Waals surface area contributed by atoms with Crippen LogP contribution in [-0.2, 0) is 4.79 Å². The molecule has 4 heterocycles. The fourth-order valence-electron chi connectivity index (χ4n) is 4.39. The van der Waals surface area contributed by atoms with Gasteiger partial charge >= 0.3 is 5.97 Å². The Bertz CT molecular complexity index is 377. The van der Waals surface area contributed by atoms with E-state index in [2.05, 4.69) is 16.7 Å². The second-order valence-electron chi connectivity index (χ2n) is 6.15. The maximum Gasteiger partial charge on any atom is 0.307 e. The van der Waals surface area contributed by atoms with Crippen molar-refractivity contribution in [1.29, 1.82) is 0 Å². The molecule has 0 radical (unpaired) electrons. The van der Waals surface area contributed by atoms with Crippen LogP contribution in [0.1, 0.15) is 26.2 Å². The zero-order valence-electron chi connectivity index (χ0n) is 11.1. The first-order valence-corrected chi connectivity index (χ1v) is 7.00. The topological polar surface area (TPSA) is 43.8 Å². The summed E-state index contributed by atoms with van der Waals surface area (Å²) >= 11 is 0. The number of nitrogens with zero attached hydrogens (tertiary/aromatic N) is 2. The molecule has 4 heteroatoms. The van der Waals surface area contributed by atoms with Gasteiger partial charge in [-0.1, -0.05) is 25.0 Å². The lowest BCUT2D eigenvalue weighted by Gasteiger charge is -2.61. The molecule has 0 aliphatic carbocycles. The predicted octanol–water partition coefficient (Wildman–Crippen LogP) is 1.39. The molecule has 1 N–H and O–H groups in total. The summed E-state index contributed by atoms with van der Waals surface area (Å²) in [5, 5.41) is 8.92. The van der Waals surface area contributed by atoms with Crippen molar-refractivity contribution >= 4 is 5.97 Å². The average Bonchev–Trinajstić information content (AvgIpc) is 2.26. The summed E-state index contributed by atoms with van der Waals surface area (Å²) in [7, 11) is 0. The van der Waals surface area contributed by atoms with Crippen molar-refractivity contribution in [1.82, 2.24) is 9.80 Å². The molecule has 4 bridgehead atoms. The fourth-order valence-corrected chi connectivity index (χ4v) is 4.39. The molecule has 2 unspecified atom stereocenters. The summed E-state index contributed by atoms with van der Waals surface area (Å²) in [6.07, 6.45) is 4.60. The van der Waals surface area contributed by atoms with Crippen molar-refractivity contribution < 1.29 is 9.90 Å². The zero-order valence-corrected chi connectivity index (χ0v) is 11.1. The van der Waals surface area contributed by atoms with Crippen molar-refractivity contribution in [2.45, 2.75) is 26.2 Å². The third-order valence-corrected chi connectivity index (χ3v) is 4.69. The number of piperidine rings is 2. The quantitative estimate of drug-likeness (QED) is 0.766. The van der Waals surface area contributed by atoms with Crippen LogP contribution >= 0.6 is 0 Å². The van der Waals surface area contributed by atoms with Crippen LogP contribution in [0, 0.1) is 11.3 Å². The van der Waals surface area contributed by atoms with Crippen LogP contribution < -0.4 is 0 Å². The molecule has 100 valence electrons. The van der Waals surface area contributed by atoms with E-state index in [4.69, 9.17) is 5.11 Å². The summed E-state index contributed by atoms with van der Waals surface area (Å²) in [5.41, 5.74) is 1.71. The molecule has 0 aromatic rings. The highest BCUT2D eigenvalue weighted by Gasteiger charge is 2.51. The van der Waals surface area contributed by atoms with E-state index in [1.165, 1.54) is 18.4 Å². The number of carboxylic acid groups (broad SMARTS) is 1. The predicted molar refractivity (Wildman–Crippen MR) is 69.2 cm³/mol. The minimum Gasteiger partial charge on any atom is -0.481 e. The third-order valence-electron chi connectivity index (χ3n) is 4.69. The van der Waals surface area contributed by atoms with Gasteiger partial charge in [0, 0.05) is 37.5 Å². The van der Waals surface area contributed by atoms with Crippen molar-refractivity contribution in [3.8, 4) is 0 Å². The van der Waals surface area contributed by atoms with Gasteiger partial charge in [-0.15, -0.1) is 0 Å². The van der Waals surface area contributed by atoms with Crippen LogP contribution in [0.4, 0.5) is 0 Å². The van der Waals surface area contributed by atoms with E-state index in [-0.39, 0.29) is 11.8 Å². The van der Waals surface area contributed by atoms with Crippen LogP contribution in [0.5, 0.6) is 0 Å². The summed E-state index contributed by atoms with van der Waals surface area (Å²) in [4.78, 5) is 15.9. The van der Waals surface area contributed by atoms with Gasteiger partial charge in [-0.05, 0) is 6.42 Å². The van der Waals surface area contributed by atoms with Gasteiger partial charge in [0.2, 0.25) is 0 Å². The molecule has 0 amide bonds. The van der Waals surface area contributed by atoms with E-state index in [9.17, 15) is 4.79 Å². The van der Waals surface area contributed by atoms with Crippen LogP contribution in [-0.4, -0.2) is 53.7 Å². The lowest BCUT2D eigenvalue weighted by molar-refractivity contribution is -0.136. The Hall–Kier alpha value is -0.870. The molecule has 0 spiro atoms. The van der Waals surface area contributed by atoms with Gasteiger partial charge in [-0.25, -0.2) is 0 Å². The summed E-state index contributed by atoms with van der Waals surface area (Å²) in [5.74, 6) is -0.129. The lowest BCUT2D eigenvalue weighted by atomic mass is 9.64. The molecule has 4 aliphatic rings. The molecule has 0 aromatic carbocycles. The number of carboxylic acids is 1. The Labute approximate surface area is 108 Å². The van der Waals surface area contributed by atoms with Crippen molar-refractivity contribution in [3.63, 3.8) is 0 Å². The maximum atomic E-state index is 10.8. The molecule has 4 rings (SSSR count). The Morgan fingerprint density at radius 1 is 1.44 bits per heavy atom. The first-order chi connectivity index (χ1) is 8.63. The van der Waals surface area contributed by atoms with E-state index >= 15 is 0 Å². The Kier molecular flexibility index (Phi) is 2.94. The number of aliphatic carboxylic acids is 1. The van der Waals surface area contributed by atoms with Gasteiger partial charge in [0.15, 0.2) is 0 Å². The monoisotopic (exact) mass is 250 g/mol. The first kappa shape index (κ1) is 12.2. The molecule has 0 saturated carbocycles. The van der Waals surface area contributed by atoms with Crippen LogP contribution in [0.15, 0.2) is 11.6 Å². The molecule has 4 nitrogen and oxygen atoms in total. The average molecular weight is 250 g/mol. The van der Waals surface area contributed by atoms with E-state index in [0.717, 1.165) is 32.8 Å². The highest BCUT2D eigenvalue weighted by atomic mass is 16.4. The van der Waals surface area contributed by atoms with Gasteiger partial charge in [-0.3, -0.25) is 14.6 Å². The fraction of sp³-hybridized carbons (Fsp3) is 0.786. The Morgan fingerprint density at radius 2 is 2.11 bits per heavy atom. The molecule has 4 fully saturated rings. The minimum atomic E-state index is -0.705. The molecule has 4 aliphatic heterocycles. The number of carbonyl (C=O) groups is 1. The third kappa shape index (κ3) is 1.88. The highest BCUT2D eigenvalue weighted by molar-refractivity contribution is 5.69. The summed E-state index contributed by atoms with van der Waals surface area (Å²) in [6, 6.07) is 0. The van der Waals surface area contributed by atoms with Gasteiger partial charge < -0.3 is 5.11 Å². The normalized spacial score (nSPS) is 43.6. The van der Waals surface area contributed by atoms with E-state index in [1.54, 1.807) is 0 Å². The number of hydrogen-bond acceptors (Lipinski definition) is 3. The number of hydrogen-bond donors (Lipinski definition) is 1. The summed E-state index contributed by atoms with van der Waals surface area (Å²) in [6.45, 7) is 7.89. The Balaban J connectivity index is 1.90. The second kappa shape index (κ2) is 4.35. The molecule has 2 atom stereocenters. The van der Waals surface area contributed by atoms with Crippen LogP contribution in [0.3, 0.4) is 0 Å². The standard InChI is InChI=1S/C14H22N2O2/c1-2-5-14-8-15-6-11(7-16(9-14)10-15)12(14)3-4-13(17)18/h3,11H,2,4-10H2,1H3,(H,17,18)/b12-3+. The second-order valence-corrected chi connectivity index (χ2v) is 6.15. The smallest absolute Gasteiger partial charge is 0.307 e. The first-order valence-electron chi connectivity index (χ1n) is 7.00. The largest absolute Gasteiger partial charge is 0.481 e. The van der Waals surface area contributed by atoms with Gasteiger partial charge in [0.25, 0.3) is 0 Å². The molecule has 0 aromatic heterocycles. The lowest BCUT2D eigenvalue weighted by Crippen LogP contribution is -2.68. The molecule has 18 heavy (non-hydrogen) atoms. The zero-order chi connectivity index (χ0) is 12.8. The Morgan fingerprint density at radius 3 is 2.67 bits per heavy atom. The summed E-state index contributed by atoms with van der Waals surface area (Å²) < 4.78 is 0. The molecular weight excluding hydrogens is 228 g/mol. The van der Waals surface area contributed by atoms with Crippen molar-refractivity contribution in [2.24, 2.45) is 11.3 Å². The maximum absolute atomic E-state index is 10.8. The van der Waals surface area contributed by atoms with E-state index in [0.29, 0.717) is 5.92 Å². The van der Waals surface area contributed by atoms with Gasteiger partial charge in [0.05, 0.1) is 13.1 Å². The van der Waals surface area contributed by atoms with Crippen molar-refractivity contribution in [2.75, 3.05) is 32.8 Å². The molecular formula is C14H22N2O2. The molecule has 4 saturated heterocycles.